The lowest BCUT2D eigenvalue weighted by atomic mass is 9.86. The summed E-state index contributed by atoms with van der Waals surface area (Å²) in [6.07, 6.45) is -0.604. The van der Waals surface area contributed by atoms with E-state index in [-0.39, 0.29) is 18.6 Å². The van der Waals surface area contributed by atoms with Crippen molar-refractivity contribution in [1.82, 2.24) is 0 Å². The van der Waals surface area contributed by atoms with Crippen LogP contribution in [0, 0.1) is 0 Å². The fourth-order valence-electron chi connectivity index (χ4n) is 1.47. The Kier molecular flexibility index (Phi) is 4.33. The summed E-state index contributed by atoms with van der Waals surface area (Å²) in [5.41, 5.74) is 6.50. The van der Waals surface area contributed by atoms with E-state index in [0.717, 1.165) is 11.3 Å². The van der Waals surface area contributed by atoms with Crippen molar-refractivity contribution in [3.05, 3.63) is 29.8 Å². The summed E-state index contributed by atoms with van der Waals surface area (Å²) in [6.45, 7) is 6.86. The van der Waals surface area contributed by atoms with Gasteiger partial charge in [0.2, 0.25) is 0 Å². The van der Waals surface area contributed by atoms with Crippen molar-refractivity contribution in [3.63, 3.8) is 0 Å². The molecule has 0 radical (unpaired) electrons. The van der Waals surface area contributed by atoms with Crippen molar-refractivity contribution in [2.24, 2.45) is 5.73 Å². The smallest absolute Gasteiger partial charge is 0.123 e. The number of para-hydroxylation sites is 1. The Bertz CT molecular complexity index is 331. The molecule has 0 saturated carbocycles. The predicted molar refractivity (Wildman–Crippen MR) is 65.7 cm³/mol. The zero-order valence-electron chi connectivity index (χ0n) is 10.2. The van der Waals surface area contributed by atoms with E-state index < -0.39 is 6.10 Å². The van der Waals surface area contributed by atoms with E-state index in [1.165, 1.54) is 0 Å². The van der Waals surface area contributed by atoms with Gasteiger partial charge in [0, 0.05) is 6.54 Å². The van der Waals surface area contributed by atoms with E-state index in [1.807, 2.05) is 24.3 Å². The van der Waals surface area contributed by atoms with E-state index in [4.69, 9.17) is 10.5 Å². The fraction of sp³-hybridized carbons (Fsp3) is 0.538. The van der Waals surface area contributed by atoms with Crippen LogP contribution in [-0.2, 0) is 5.41 Å². The molecule has 3 heteroatoms. The molecule has 1 aromatic carbocycles. The summed E-state index contributed by atoms with van der Waals surface area (Å²) >= 11 is 0. The Morgan fingerprint density at radius 1 is 1.31 bits per heavy atom. The minimum Gasteiger partial charge on any atom is -0.491 e. The zero-order valence-corrected chi connectivity index (χ0v) is 10.2. The summed E-state index contributed by atoms with van der Waals surface area (Å²) in [5, 5.41) is 9.36. The molecule has 0 aliphatic carbocycles. The lowest BCUT2D eigenvalue weighted by Crippen LogP contribution is -2.27. The van der Waals surface area contributed by atoms with Crippen molar-refractivity contribution in [1.29, 1.82) is 0 Å². The highest BCUT2D eigenvalue weighted by Crippen LogP contribution is 2.30. The van der Waals surface area contributed by atoms with Crippen LogP contribution in [-0.4, -0.2) is 24.4 Å². The normalized spacial score (nSPS) is 13.6. The molecule has 0 heterocycles. The van der Waals surface area contributed by atoms with Crippen molar-refractivity contribution < 1.29 is 9.84 Å². The van der Waals surface area contributed by atoms with Crippen molar-refractivity contribution in [2.45, 2.75) is 32.3 Å². The van der Waals surface area contributed by atoms with Gasteiger partial charge in [0.1, 0.15) is 18.5 Å². The second kappa shape index (κ2) is 5.32. The van der Waals surface area contributed by atoms with Crippen LogP contribution in [0.25, 0.3) is 0 Å². The number of ether oxygens (including phenoxy) is 1. The van der Waals surface area contributed by atoms with Gasteiger partial charge in [-0.1, -0.05) is 39.0 Å². The molecule has 0 fully saturated rings. The van der Waals surface area contributed by atoms with Crippen LogP contribution in [0.5, 0.6) is 5.75 Å². The van der Waals surface area contributed by atoms with Gasteiger partial charge in [-0.2, -0.15) is 0 Å². The number of aliphatic hydroxyl groups is 1. The topological polar surface area (TPSA) is 55.5 Å². The van der Waals surface area contributed by atoms with Gasteiger partial charge >= 0.3 is 0 Å². The first kappa shape index (κ1) is 13.0. The molecule has 1 atom stereocenters. The van der Waals surface area contributed by atoms with Gasteiger partial charge in [0.15, 0.2) is 0 Å². The highest BCUT2D eigenvalue weighted by molar-refractivity contribution is 5.38. The molecule has 1 rings (SSSR count). The molecule has 0 amide bonds. The third kappa shape index (κ3) is 3.51. The van der Waals surface area contributed by atoms with Gasteiger partial charge in [-0.25, -0.2) is 0 Å². The summed E-state index contributed by atoms with van der Waals surface area (Å²) < 4.78 is 5.59. The van der Waals surface area contributed by atoms with Gasteiger partial charge in [0.25, 0.3) is 0 Å². The van der Waals surface area contributed by atoms with Crippen LogP contribution >= 0.6 is 0 Å². The van der Waals surface area contributed by atoms with Crippen molar-refractivity contribution in [2.75, 3.05) is 13.2 Å². The molecule has 3 nitrogen and oxygen atoms in total. The number of aliphatic hydroxyl groups excluding tert-OH is 1. The van der Waals surface area contributed by atoms with Gasteiger partial charge < -0.3 is 15.6 Å². The zero-order chi connectivity index (χ0) is 12.2. The summed E-state index contributed by atoms with van der Waals surface area (Å²) in [5.74, 6) is 0.822. The van der Waals surface area contributed by atoms with E-state index in [2.05, 4.69) is 20.8 Å². The molecule has 0 bridgehead atoms. The molecule has 0 spiro atoms. The van der Waals surface area contributed by atoms with Crippen LogP contribution in [0.2, 0.25) is 0 Å². The predicted octanol–water partition coefficient (Wildman–Crippen LogP) is 1.68. The Morgan fingerprint density at radius 2 is 1.94 bits per heavy atom. The third-order valence-corrected chi connectivity index (χ3v) is 2.40. The highest BCUT2D eigenvalue weighted by Gasteiger charge is 2.18. The minimum atomic E-state index is -0.604. The lowest BCUT2D eigenvalue weighted by Gasteiger charge is -2.23. The van der Waals surface area contributed by atoms with Crippen LogP contribution < -0.4 is 10.5 Å². The molecular formula is C13H21NO2. The lowest BCUT2D eigenvalue weighted by molar-refractivity contribution is 0.113. The molecule has 0 saturated heterocycles. The van der Waals surface area contributed by atoms with Crippen molar-refractivity contribution >= 4 is 0 Å². The van der Waals surface area contributed by atoms with Gasteiger partial charge in [-0.15, -0.1) is 0 Å². The standard InChI is InChI=1S/C13H21NO2/c1-13(2,3)11-6-4-5-7-12(11)16-9-10(15)8-14/h4-7,10,15H,8-9,14H2,1-3H3/t10-/m1/s1. The number of hydrogen-bond acceptors (Lipinski definition) is 3. The number of hydrogen-bond donors (Lipinski definition) is 2. The van der Waals surface area contributed by atoms with E-state index in [0.29, 0.717) is 0 Å². The second-order valence-corrected chi connectivity index (χ2v) is 4.95. The average Bonchev–Trinajstić information content (AvgIpc) is 2.25. The van der Waals surface area contributed by atoms with E-state index >= 15 is 0 Å². The summed E-state index contributed by atoms with van der Waals surface area (Å²) in [7, 11) is 0. The SMILES string of the molecule is CC(C)(C)c1ccccc1OC[C@H](O)CN. The first-order valence-electron chi connectivity index (χ1n) is 5.55. The molecular weight excluding hydrogens is 202 g/mol. The van der Waals surface area contributed by atoms with E-state index in [1.54, 1.807) is 0 Å². The highest BCUT2D eigenvalue weighted by atomic mass is 16.5. The van der Waals surface area contributed by atoms with Crippen LogP contribution in [0.15, 0.2) is 24.3 Å². The Morgan fingerprint density at radius 3 is 2.50 bits per heavy atom. The van der Waals surface area contributed by atoms with Gasteiger partial charge in [-0.3, -0.25) is 0 Å². The Hall–Kier alpha value is -1.06. The summed E-state index contributed by atoms with van der Waals surface area (Å²) in [4.78, 5) is 0. The number of nitrogens with two attached hydrogens (primary N) is 1. The quantitative estimate of drug-likeness (QED) is 0.816. The van der Waals surface area contributed by atoms with Gasteiger partial charge in [-0.05, 0) is 17.0 Å². The molecule has 0 aromatic heterocycles. The molecule has 3 N–H and O–H groups in total. The first-order chi connectivity index (χ1) is 7.45. The van der Waals surface area contributed by atoms with Crippen LogP contribution in [0.4, 0.5) is 0 Å². The van der Waals surface area contributed by atoms with Crippen LogP contribution in [0.1, 0.15) is 26.3 Å². The monoisotopic (exact) mass is 223 g/mol. The molecule has 1 aromatic rings. The van der Waals surface area contributed by atoms with Crippen molar-refractivity contribution in [3.8, 4) is 5.75 Å². The van der Waals surface area contributed by atoms with Gasteiger partial charge in [0.05, 0.1) is 0 Å². The Labute approximate surface area is 97.2 Å². The summed E-state index contributed by atoms with van der Waals surface area (Å²) in [6, 6.07) is 7.89. The largest absolute Gasteiger partial charge is 0.491 e. The maximum absolute atomic E-state index is 9.36. The molecule has 90 valence electrons. The first-order valence-corrected chi connectivity index (χ1v) is 5.55. The van der Waals surface area contributed by atoms with E-state index in [9.17, 15) is 5.11 Å². The molecule has 0 aliphatic heterocycles. The maximum atomic E-state index is 9.36. The molecule has 0 unspecified atom stereocenters. The number of benzene rings is 1. The third-order valence-electron chi connectivity index (χ3n) is 2.40. The molecule has 0 aliphatic rings. The minimum absolute atomic E-state index is 0.0320. The fourth-order valence-corrected chi connectivity index (χ4v) is 1.47. The number of rotatable bonds is 4. The average molecular weight is 223 g/mol. The molecule has 16 heavy (non-hydrogen) atoms. The second-order valence-electron chi connectivity index (χ2n) is 4.95. The maximum Gasteiger partial charge on any atom is 0.123 e. The Balaban J connectivity index is 2.80. The van der Waals surface area contributed by atoms with Crippen LogP contribution in [0.3, 0.4) is 0 Å².